The smallest absolute Gasteiger partial charge is 0.333 e. The zero-order valence-corrected chi connectivity index (χ0v) is 27.6. The molecule has 0 atom stereocenters. The Hall–Kier alpha value is -2.25. The van der Waals surface area contributed by atoms with Gasteiger partial charge in [-0.25, -0.2) is 4.79 Å². The van der Waals surface area contributed by atoms with Gasteiger partial charge in [-0.15, -0.1) is 0 Å². The van der Waals surface area contributed by atoms with Gasteiger partial charge in [-0.2, -0.15) is 0 Å². The Morgan fingerprint density at radius 2 is 1.69 bits per heavy atom. The van der Waals surface area contributed by atoms with Gasteiger partial charge in [-0.1, -0.05) is 94.6 Å². The summed E-state index contributed by atoms with van der Waals surface area (Å²) in [7, 11) is -1.78. The van der Waals surface area contributed by atoms with Crippen molar-refractivity contribution in [1.29, 1.82) is 0 Å². The average molecular weight is 599 g/mol. The van der Waals surface area contributed by atoms with E-state index in [1.165, 1.54) is 67.7 Å². The SMILES string of the molecule is C=C(C)C(=O)OCc1cc(C2CCC(CCCCC)CC2)ccc1[Si](C)(C)CCCCCOCC1CC(=O)OC(=O)C1. The summed E-state index contributed by atoms with van der Waals surface area (Å²) in [6, 6.07) is 8.20. The first-order valence-electron chi connectivity index (χ1n) is 16.4. The van der Waals surface area contributed by atoms with Crippen molar-refractivity contribution in [3.63, 3.8) is 0 Å². The van der Waals surface area contributed by atoms with E-state index in [4.69, 9.17) is 9.47 Å². The lowest BCUT2D eigenvalue weighted by atomic mass is 9.77. The molecule has 1 aromatic rings. The second kappa shape index (κ2) is 17.1. The Bertz CT molecular complexity index is 1040. The van der Waals surface area contributed by atoms with Crippen LogP contribution in [0.2, 0.25) is 19.1 Å². The van der Waals surface area contributed by atoms with Crippen LogP contribution in [0.3, 0.4) is 0 Å². The number of carbonyl (C=O) groups is 3. The molecule has 0 spiro atoms. The van der Waals surface area contributed by atoms with Crippen LogP contribution in [0.5, 0.6) is 0 Å². The Morgan fingerprint density at radius 1 is 0.976 bits per heavy atom. The zero-order chi connectivity index (χ0) is 30.5. The molecular formula is C35H54O6Si. The van der Waals surface area contributed by atoms with Gasteiger partial charge >= 0.3 is 17.9 Å². The lowest BCUT2D eigenvalue weighted by Crippen LogP contribution is -2.43. The molecule has 6 nitrogen and oxygen atoms in total. The van der Waals surface area contributed by atoms with Crippen molar-refractivity contribution >= 4 is 31.2 Å². The highest BCUT2D eigenvalue weighted by atomic mass is 28.3. The summed E-state index contributed by atoms with van der Waals surface area (Å²) in [5.41, 5.74) is 3.01. The summed E-state index contributed by atoms with van der Waals surface area (Å²) in [4.78, 5) is 35.1. The van der Waals surface area contributed by atoms with Crippen molar-refractivity contribution in [3.05, 3.63) is 41.5 Å². The first kappa shape index (κ1) is 34.2. The van der Waals surface area contributed by atoms with Crippen molar-refractivity contribution in [2.75, 3.05) is 13.2 Å². The molecule has 0 aromatic heterocycles. The molecule has 0 unspecified atom stereocenters. The van der Waals surface area contributed by atoms with Crippen LogP contribution in [0, 0.1) is 11.8 Å². The van der Waals surface area contributed by atoms with Crippen molar-refractivity contribution in [3.8, 4) is 0 Å². The highest BCUT2D eigenvalue weighted by Gasteiger charge is 2.29. The summed E-state index contributed by atoms with van der Waals surface area (Å²) in [6.07, 6.45) is 14.2. The molecule has 1 saturated carbocycles. The van der Waals surface area contributed by atoms with Crippen molar-refractivity contribution in [2.24, 2.45) is 11.8 Å². The molecule has 3 rings (SSSR count). The maximum absolute atomic E-state index is 12.3. The Morgan fingerprint density at radius 3 is 2.36 bits per heavy atom. The number of ether oxygens (including phenoxy) is 3. The molecule has 0 amide bonds. The highest BCUT2D eigenvalue weighted by Crippen LogP contribution is 2.38. The van der Waals surface area contributed by atoms with Crippen LogP contribution in [0.25, 0.3) is 0 Å². The molecule has 1 saturated heterocycles. The predicted octanol–water partition coefficient (Wildman–Crippen LogP) is 7.74. The zero-order valence-electron chi connectivity index (χ0n) is 26.6. The van der Waals surface area contributed by atoms with Crippen LogP contribution in [0.15, 0.2) is 30.4 Å². The van der Waals surface area contributed by atoms with Gasteiger partial charge < -0.3 is 14.2 Å². The Labute approximate surface area is 255 Å². The molecule has 0 radical (unpaired) electrons. The van der Waals surface area contributed by atoms with Gasteiger partial charge in [0.1, 0.15) is 6.61 Å². The molecule has 2 aliphatic rings. The van der Waals surface area contributed by atoms with Crippen molar-refractivity contribution in [2.45, 2.75) is 129 Å². The molecule has 42 heavy (non-hydrogen) atoms. The number of esters is 3. The van der Waals surface area contributed by atoms with E-state index in [2.05, 4.69) is 49.5 Å². The first-order chi connectivity index (χ1) is 20.1. The van der Waals surface area contributed by atoms with Crippen LogP contribution in [-0.2, 0) is 35.2 Å². The number of benzene rings is 1. The van der Waals surface area contributed by atoms with E-state index in [-0.39, 0.29) is 24.7 Å². The van der Waals surface area contributed by atoms with Crippen molar-refractivity contribution < 1.29 is 28.6 Å². The Balaban J connectivity index is 1.53. The minimum Gasteiger partial charge on any atom is -0.457 e. The summed E-state index contributed by atoms with van der Waals surface area (Å²) in [6.45, 7) is 13.9. The van der Waals surface area contributed by atoms with Crippen LogP contribution >= 0.6 is 0 Å². The maximum atomic E-state index is 12.3. The summed E-state index contributed by atoms with van der Waals surface area (Å²) >= 11 is 0. The lowest BCUT2D eigenvalue weighted by Gasteiger charge is -2.31. The molecule has 1 aromatic carbocycles. The quantitative estimate of drug-likeness (QED) is 0.0600. The van der Waals surface area contributed by atoms with E-state index in [1.54, 1.807) is 6.92 Å². The second-order valence-corrected chi connectivity index (χ2v) is 18.2. The summed E-state index contributed by atoms with van der Waals surface area (Å²) in [5, 5.41) is 1.39. The summed E-state index contributed by atoms with van der Waals surface area (Å²) < 4.78 is 16.1. The number of hydrogen-bond acceptors (Lipinski definition) is 6. The molecule has 1 aliphatic carbocycles. The van der Waals surface area contributed by atoms with E-state index < -0.39 is 20.0 Å². The fraction of sp³-hybridized carbons (Fsp3) is 0.686. The van der Waals surface area contributed by atoms with Crippen LogP contribution in [0.4, 0.5) is 0 Å². The van der Waals surface area contributed by atoms with E-state index in [1.807, 2.05) is 0 Å². The molecule has 2 fully saturated rings. The van der Waals surface area contributed by atoms with E-state index >= 15 is 0 Å². The first-order valence-corrected chi connectivity index (χ1v) is 19.6. The van der Waals surface area contributed by atoms with Gasteiger partial charge in [0, 0.05) is 18.1 Å². The fourth-order valence-electron chi connectivity index (χ4n) is 6.59. The third-order valence-corrected chi connectivity index (χ3v) is 12.7. The van der Waals surface area contributed by atoms with Gasteiger partial charge in [0.05, 0.1) is 27.5 Å². The fourth-order valence-corrected chi connectivity index (χ4v) is 9.54. The molecular weight excluding hydrogens is 544 g/mol. The van der Waals surface area contributed by atoms with Crippen LogP contribution in [-0.4, -0.2) is 39.2 Å². The molecule has 0 N–H and O–H groups in total. The summed E-state index contributed by atoms with van der Waals surface area (Å²) in [5.74, 6) is 0.200. The maximum Gasteiger partial charge on any atom is 0.333 e. The van der Waals surface area contributed by atoms with Gasteiger partial charge in [-0.3, -0.25) is 9.59 Å². The minimum absolute atomic E-state index is 0.0636. The second-order valence-electron chi connectivity index (χ2n) is 13.4. The predicted molar refractivity (Wildman–Crippen MR) is 170 cm³/mol. The molecule has 234 valence electrons. The van der Waals surface area contributed by atoms with Gasteiger partial charge in [0.15, 0.2) is 0 Å². The third-order valence-electron chi connectivity index (χ3n) is 9.18. The Kier molecular flexibility index (Phi) is 14.0. The van der Waals surface area contributed by atoms with Crippen LogP contribution in [0.1, 0.15) is 114 Å². The molecule has 0 bridgehead atoms. The van der Waals surface area contributed by atoms with Crippen LogP contribution < -0.4 is 5.19 Å². The van der Waals surface area contributed by atoms with Crippen molar-refractivity contribution in [1.82, 2.24) is 0 Å². The van der Waals surface area contributed by atoms with E-state index in [9.17, 15) is 14.4 Å². The number of hydrogen-bond donors (Lipinski definition) is 0. The van der Waals surface area contributed by atoms with E-state index in [0.717, 1.165) is 31.2 Å². The monoisotopic (exact) mass is 598 g/mol. The van der Waals surface area contributed by atoms with Gasteiger partial charge in [0.25, 0.3) is 0 Å². The standard InChI is InChI=1S/C35H54O6Si/c1-6-7-9-12-27-13-15-29(16-14-27)30-17-18-32(31(23-30)25-40-35(38)26(2)3)42(4,5)20-11-8-10-19-39-24-28-21-33(36)41-34(37)22-28/h17-18,23,27-29H,2,6-16,19-22,24-25H2,1,3-5H3. The third kappa shape index (κ3) is 11.1. The number of unbranched alkanes of at least 4 members (excludes halogenated alkanes) is 4. The molecule has 1 heterocycles. The average Bonchev–Trinajstić information content (AvgIpc) is 2.95. The minimum atomic E-state index is -1.78. The number of rotatable bonds is 17. The molecule has 7 heteroatoms. The lowest BCUT2D eigenvalue weighted by molar-refractivity contribution is -0.166. The van der Waals surface area contributed by atoms with Gasteiger partial charge in [0.2, 0.25) is 0 Å². The largest absolute Gasteiger partial charge is 0.457 e. The van der Waals surface area contributed by atoms with E-state index in [0.29, 0.717) is 31.3 Å². The topological polar surface area (TPSA) is 78.9 Å². The highest BCUT2D eigenvalue weighted by molar-refractivity contribution is 6.90. The normalized spacial score (nSPS) is 19.9. The van der Waals surface area contributed by atoms with Gasteiger partial charge in [-0.05, 0) is 62.0 Å². The number of carbonyl (C=O) groups excluding carboxylic acids is 3. The number of cyclic esters (lactones) is 2. The molecule has 1 aliphatic heterocycles.